The van der Waals surface area contributed by atoms with Crippen molar-refractivity contribution >= 4 is 25.6 Å². The summed E-state index contributed by atoms with van der Waals surface area (Å²) in [7, 11) is 0.162. The van der Waals surface area contributed by atoms with Gasteiger partial charge in [0, 0.05) is 25.3 Å². The topological polar surface area (TPSA) is 35.5 Å². The predicted molar refractivity (Wildman–Crippen MR) is 80.3 cm³/mol. The monoisotopic (exact) mass is 300 g/mol. The van der Waals surface area contributed by atoms with Crippen LogP contribution in [0.2, 0.25) is 30.7 Å². The van der Waals surface area contributed by atoms with Gasteiger partial charge in [0.25, 0.3) is 0 Å². The fraction of sp³-hybridized carbons (Fsp3) is 0.500. The highest BCUT2D eigenvalue weighted by Crippen LogP contribution is 2.27. The smallest absolute Gasteiger partial charge is 0.339 e. The summed E-state index contributed by atoms with van der Waals surface area (Å²) in [4.78, 5) is 11.8. The van der Waals surface area contributed by atoms with E-state index >= 15 is 0 Å². The summed E-state index contributed by atoms with van der Waals surface area (Å²) in [5.74, 6) is -0.413. The maximum Gasteiger partial charge on any atom is 0.339 e. The van der Waals surface area contributed by atoms with Crippen molar-refractivity contribution in [3.8, 4) is 0 Å². The van der Waals surface area contributed by atoms with Crippen LogP contribution in [-0.2, 0) is 14.3 Å². The first-order valence-corrected chi connectivity index (χ1v) is 10.4. The van der Waals surface area contributed by atoms with E-state index in [0.717, 1.165) is 6.04 Å². The number of ether oxygens (including phenoxy) is 2. The van der Waals surface area contributed by atoms with Crippen molar-refractivity contribution in [2.24, 2.45) is 0 Å². The molecule has 5 heteroatoms. The number of esters is 1. The van der Waals surface area contributed by atoms with Gasteiger partial charge in [-0.15, -0.1) is 0 Å². The molecule has 0 aromatic heterocycles. The zero-order chi connectivity index (χ0) is 14.5. The van der Waals surface area contributed by atoms with Crippen LogP contribution in [0.4, 0.5) is 0 Å². The quantitative estimate of drug-likeness (QED) is 0.590. The van der Waals surface area contributed by atoms with Gasteiger partial charge in [-0.25, -0.2) is 4.79 Å². The Morgan fingerprint density at radius 3 is 2.47 bits per heavy atom. The van der Waals surface area contributed by atoms with Crippen molar-refractivity contribution in [1.29, 1.82) is 0 Å². The van der Waals surface area contributed by atoms with E-state index in [1.807, 2.05) is 12.1 Å². The number of rotatable bonds is 6. The van der Waals surface area contributed by atoms with Crippen molar-refractivity contribution in [2.75, 3.05) is 13.7 Å². The number of methoxy groups -OCH3 is 1. The Labute approximate surface area is 120 Å². The lowest BCUT2D eigenvalue weighted by atomic mass is 10.1. The molecule has 0 radical (unpaired) electrons. The molecule has 0 aliphatic rings. The minimum absolute atomic E-state index is 0.413. The second-order valence-corrected chi connectivity index (χ2v) is 11.6. The van der Waals surface area contributed by atoms with E-state index in [0.29, 0.717) is 17.2 Å². The van der Waals surface area contributed by atoms with E-state index in [1.54, 1.807) is 12.1 Å². The fourth-order valence-electron chi connectivity index (χ4n) is 1.56. The van der Waals surface area contributed by atoms with Crippen molar-refractivity contribution < 1.29 is 14.3 Å². The molecule has 1 rings (SSSR count). The van der Waals surface area contributed by atoms with Crippen LogP contribution in [0.5, 0.6) is 0 Å². The number of benzene rings is 1. The molecular formula is C14H21ClO3Si. The van der Waals surface area contributed by atoms with Crippen molar-refractivity contribution in [3.63, 3.8) is 0 Å². The molecule has 0 spiro atoms. The van der Waals surface area contributed by atoms with Crippen LogP contribution >= 0.6 is 11.6 Å². The minimum atomic E-state index is -1.19. The fourth-order valence-corrected chi connectivity index (χ4v) is 2.53. The van der Waals surface area contributed by atoms with Crippen LogP contribution in [0.3, 0.4) is 0 Å². The van der Waals surface area contributed by atoms with Gasteiger partial charge in [-0.3, -0.25) is 0 Å². The number of carbonyl (C=O) groups excluding carboxylic acids is 1. The molecule has 0 aliphatic carbocycles. The number of halogens is 1. The van der Waals surface area contributed by atoms with Crippen LogP contribution < -0.4 is 0 Å². The van der Waals surface area contributed by atoms with Gasteiger partial charge in [0.05, 0.1) is 7.11 Å². The molecule has 3 nitrogen and oxygen atoms in total. The van der Waals surface area contributed by atoms with Crippen molar-refractivity contribution in [2.45, 2.75) is 31.8 Å². The van der Waals surface area contributed by atoms with E-state index in [9.17, 15) is 4.79 Å². The van der Waals surface area contributed by atoms with Gasteiger partial charge < -0.3 is 9.47 Å². The second kappa shape index (κ2) is 7.08. The third-order valence-corrected chi connectivity index (χ3v) is 4.79. The van der Waals surface area contributed by atoms with Gasteiger partial charge >= 0.3 is 5.97 Å². The van der Waals surface area contributed by atoms with E-state index in [-0.39, 0.29) is 0 Å². The summed E-state index contributed by atoms with van der Waals surface area (Å²) in [6.45, 7) is 7.33. The molecule has 0 fully saturated rings. The molecular weight excluding hydrogens is 280 g/mol. The highest BCUT2D eigenvalue weighted by atomic mass is 35.5. The summed E-state index contributed by atoms with van der Waals surface area (Å²) in [6, 6.07) is 8.18. The Kier molecular flexibility index (Phi) is 6.04. The van der Waals surface area contributed by atoms with Crippen LogP contribution in [0, 0.1) is 0 Å². The Bertz CT molecular complexity index is 429. The molecule has 0 amide bonds. The summed E-state index contributed by atoms with van der Waals surface area (Å²) < 4.78 is 10.5. The largest absolute Gasteiger partial charge is 0.467 e. The number of hydrogen-bond donors (Lipinski definition) is 0. The standard InChI is InChI=1S/C14H21ClO3Si/c1-17-14(16)13(18-9-10-19(2,3)4)11-7-5-6-8-12(11)15/h5-8,13H,9-10H2,1-4H3/t13-/m0/s1. The van der Waals surface area contributed by atoms with Crippen LogP contribution in [0.1, 0.15) is 11.7 Å². The Hall–Kier alpha value is -0.843. The normalized spacial score (nSPS) is 13.1. The first kappa shape index (κ1) is 16.2. The summed E-state index contributed by atoms with van der Waals surface area (Å²) in [5, 5.41) is 0.519. The van der Waals surface area contributed by atoms with Gasteiger partial charge in [0.1, 0.15) is 0 Å². The van der Waals surface area contributed by atoms with Gasteiger partial charge in [-0.2, -0.15) is 0 Å². The summed E-state index contributed by atoms with van der Waals surface area (Å²) in [5.41, 5.74) is 0.659. The van der Waals surface area contributed by atoms with E-state index in [2.05, 4.69) is 19.6 Å². The van der Waals surface area contributed by atoms with Crippen LogP contribution in [0.15, 0.2) is 24.3 Å². The van der Waals surface area contributed by atoms with Gasteiger partial charge in [0.15, 0.2) is 6.10 Å². The van der Waals surface area contributed by atoms with E-state index in [1.165, 1.54) is 7.11 Å². The van der Waals surface area contributed by atoms with Crippen molar-refractivity contribution in [3.05, 3.63) is 34.9 Å². The summed E-state index contributed by atoms with van der Waals surface area (Å²) >= 11 is 6.11. The first-order chi connectivity index (χ1) is 8.85. The minimum Gasteiger partial charge on any atom is -0.467 e. The lowest BCUT2D eigenvalue weighted by molar-refractivity contribution is -0.154. The van der Waals surface area contributed by atoms with Crippen molar-refractivity contribution in [1.82, 2.24) is 0 Å². The third kappa shape index (κ3) is 5.34. The maximum atomic E-state index is 11.8. The average Bonchev–Trinajstić information content (AvgIpc) is 2.34. The summed E-state index contributed by atoms with van der Waals surface area (Å²) in [6.07, 6.45) is -0.741. The highest BCUT2D eigenvalue weighted by Gasteiger charge is 2.25. The number of hydrogen-bond acceptors (Lipinski definition) is 3. The molecule has 0 saturated carbocycles. The average molecular weight is 301 g/mol. The maximum absolute atomic E-state index is 11.8. The van der Waals surface area contributed by atoms with E-state index in [4.69, 9.17) is 21.1 Å². The SMILES string of the molecule is COC(=O)[C@@H](OCC[Si](C)(C)C)c1ccccc1Cl. The highest BCUT2D eigenvalue weighted by molar-refractivity contribution is 6.76. The first-order valence-electron chi connectivity index (χ1n) is 6.29. The second-order valence-electron chi connectivity index (χ2n) is 5.61. The zero-order valence-corrected chi connectivity index (χ0v) is 13.7. The molecule has 0 bridgehead atoms. The lowest BCUT2D eigenvalue weighted by Gasteiger charge is -2.20. The zero-order valence-electron chi connectivity index (χ0n) is 11.9. The molecule has 0 aliphatic heterocycles. The third-order valence-electron chi connectivity index (χ3n) is 2.74. The van der Waals surface area contributed by atoms with Gasteiger partial charge in [-0.05, 0) is 12.1 Å². The van der Waals surface area contributed by atoms with Crippen LogP contribution in [0.25, 0.3) is 0 Å². The predicted octanol–water partition coefficient (Wildman–Crippen LogP) is 3.91. The van der Waals surface area contributed by atoms with Gasteiger partial charge in [-0.1, -0.05) is 49.4 Å². The molecule has 1 atom stereocenters. The Morgan fingerprint density at radius 2 is 1.95 bits per heavy atom. The number of carbonyl (C=O) groups is 1. The Morgan fingerprint density at radius 1 is 1.32 bits per heavy atom. The van der Waals surface area contributed by atoms with E-state index < -0.39 is 20.1 Å². The Balaban J connectivity index is 2.79. The molecule has 0 saturated heterocycles. The van der Waals surface area contributed by atoms with Crippen LogP contribution in [-0.4, -0.2) is 27.8 Å². The molecule has 1 aromatic carbocycles. The lowest BCUT2D eigenvalue weighted by Crippen LogP contribution is -2.24. The molecule has 0 heterocycles. The molecule has 0 N–H and O–H groups in total. The molecule has 0 unspecified atom stereocenters. The molecule has 19 heavy (non-hydrogen) atoms. The molecule has 1 aromatic rings. The molecule has 106 valence electrons. The van der Waals surface area contributed by atoms with Gasteiger partial charge in [0.2, 0.25) is 0 Å².